The molecule has 1 rings (SSSR count). The van der Waals surface area contributed by atoms with Crippen molar-refractivity contribution in [3.05, 3.63) is 34.9 Å². The van der Waals surface area contributed by atoms with Crippen molar-refractivity contribution in [2.75, 3.05) is 19.8 Å². The van der Waals surface area contributed by atoms with Crippen molar-refractivity contribution in [1.82, 2.24) is 0 Å². The van der Waals surface area contributed by atoms with Gasteiger partial charge in [-0.15, -0.1) is 0 Å². The van der Waals surface area contributed by atoms with E-state index in [0.29, 0.717) is 19.8 Å². The summed E-state index contributed by atoms with van der Waals surface area (Å²) in [6.45, 7) is 9.52. The number of hydrogen-bond acceptors (Lipinski definition) is 3. The Kier molecular flexibility index (Phi) is 6.33. The molecule has 0 saturated heterocycles. The van der Waals surface area contributed by atoms with Gasteiger partial charge in [0.15, 0.2) is 0 Å². The standard InChI is InChI=1S/C15H24O3/c1-5-17-9-13(4)18-10-15(16)14-7-11(2)6-12(3)8-14/h6-8,13,15-16H,5,9-10H2,1-4H3. The SMILES string of the molecule is CCOCC(C)OCC(O)c1cc(C)cc(C)c1. The first kappa shape index (κ1) is 15.2. The Morgan fingerprint density at radius 3 is 2.28 bits per heavy atom. The summed E-state index contributed by atoms with van der Waals surface area (Å²) < 4.78 is 10.8. The second-order valence-corrected chi connectivity index (χ2v) is 4.74. The summed E-state index contributed by atoms with van der Waals surface area (Å²) in [5.74, 6) is 0. The Morgan fingerprint density at radius 1 is 1.11 bits per heavy atom. The van der Waals surface area contributed by atoms with E-state index in [0.717, 1.165) is 16.7 Å². The fourth-order valence-corrected chi connectivity index (χ4v) is 1.89. The van der Waals surface area contributed by atoms with E-state index in [1.54, 1.807) is 0 Å². The summed E-state index contributed by atoms with van der Waals surface area (Å²) in [4.78, 5) is 0. The van der Waals surface area contributed by atoms with Crippen LogP contribution in [0.2, 0.25) is 0 Å². The smallest absolute Gasteiger partial charge is 0.102 e. The van der Waals surface area contributed by atoms with Crippen LogP contribution in [0, 0.1) is 13.8 Å². The molecule has 1 aromatic carbocycles. The topological polar surface area (TPSA) is 38.7 Å². The molecule has 2 atom stereocenters. The Bertz CT molecular complexity index is 343. The van der Waals surface area contributed by atoms with Crippen molar-refractivity contribution in [2.45, 2.75) is 39.9 Å². The van der Waals surface area contributed by atoms with Crippen LogP contribution in [0.5, 0.6) is 0 Å². The molecule has 0 aliphatic rings. The highest BCUT2D eigenvalue weighted by Gasteiger charge is 2.11. The molecule has 1 aromatic rings. The second kappa shape index (κ2) is 7.52. The number of hydrogen-bond donors (Lipinski definition) is 1. The summed E-state index contributed by atoms with van der Waals surface area (Å²) >= 11 is 0. The fraction of sp³-hybridized carbons (Fsp3) is 0.600. The molecule has 0 aliphatic carbocycles. The third-order valence-electron chi connectivity index (χ3n) is 2.72. The van der Waals surface area contributed by atoms with Crippen LogP contribution in [0.1, 0.15) is 36.6 Å². The van der Waals surface area contributed by atoms with Gasteiger partial charge < -0.3 is 14.6 Å². The second-order valence-electron chi connectivity index (χ2n) is 4.74. The summed E-state index contributed by atoms with van der Waals surface area (Å²) in [7, 11) is 0. The van der Waals surface area contributed by atoms with Gasteiger partial charge in [0.2, 0.25) is 0 Å². The van der Waals surface area contributed by atoms with Crippen LogP contribution in [0.4, 0.5) is 0 Å². The van der Waals surface area contributed by atoms with Gasteiger partial charge in [-0.05, 0) is 33.3 Å². The molecule has 102 valence electrons. The average Bonchev–Trinajstić information content (AvgIpc) is 2.32. The minimum atomic E-state index is -0.576. The van der Waals surface area contributed by atoms with Crippen molar-refractivity contribution < 1.29 is 14.6 Å². The Morgan fingerprint density at radius 2 is 1.72 bits per heavy atom. The van der Waals surface area contributed by atoms with E-state index in [1.165, 1.54) is 0 Å². The van der Waals surface area contributed by atoms with Crippen molar-refractivity contribution in [3.63, 3.8) is 0 Å². The van der Waals surface area contributed by atoms with Gasteiger partial charge in [0.25, 0.3) is 0 Å². The molecule has 18 heavy (non-hydrogen) atoms. The quantitative estimate of drug-likeness (QED) is 0.811. The molecular formula is C15H24O3. The first-order chi connectivity index (χ1) is 8.52. The molecule has 0 radical (unpaired) electrons. The normalized spacial score (nSPS) is 14.5. The Hall–Kier alpha value is -0.900. The van der Waals surface area contributed by atoms with Crippen molar-refractivity contribution in [2.24, 2.45) is 0 Å². The van der Waals surface area contributed by atoms with Gasteiger partial charge in [0, 0.05) is 6.61 Å². The van der Waals surface area contributed by atoms with Crippen LogP contribution >= 0.6 is 0 Å². The van der Waals surface area contributed by atoms with Gasteiger partial charge in [0.1, 0.15) is 6.10 Å². The first-order valence-corrected chi connectivity index (χ1v) is 6.48. The minimum absolute atomic E-state index is 0.00510. The highest BCUT2D eigenvalue weighted by molar-refractivity contribution is 5.29. The highest BCUT2D eigenvalue weighted by Crippen LogP contribution is 2.17. The number of rotatable bonds is 7. The molecular weight excluding hydrogens is 228 g/mol. The monoisotopic (exact) mass is 252 g/mol. The highest BCUT2D eigenvalue weighted by atomic mass is 16.5. The zero-order valence-electron chi connectivity index (χ0n) is 11.8. The van der Waals surface area contributed by atoms with Gasteiger partial charge >= 0.3 is 0 Å². The molecule has 0 spiro atoms. The fourth-order valence-electron chi connectivity index (χ4n) is 1.89. The van der Waals surface area contributed by atoms with Crippen LogP contribution in [-0.2, 0) is 9.47 Å². The van der Waals surface area contributed by atoms with Gasteiger partial charge in [0.05, 0.1) is 19.3 Å². The molecule has 0 saturated carbocycles. The maximum absolute atomic E-state index is 10.1. The lowest BCUT2D eigenvalue weighted by Gasteiger charge is -2.17. The van der Waals surface area contributed by atoms with E-state index in [2.05, 4.69) is 6.07 Å². The number of ether oxygens (including phenoxy) is 2. The molecule has 3 heteroatoms. The number of aliphatic hydroxyl groups excluding tert-OH is 1. The molecule has 0 heterocycles. The van der Waals surface area contributed by atoms with E-state index in [4.69, 9.17) is 9.47 Å². The van der Waals surface area contributed by atoms with E-state index < -0.39 is 6.10 Å². The zero-order chi connectivity index (χ0) is 13.5. The van der Waals surface area contributed by atoms with E-state index in [1.807, 2.05) is 39.8 Å². The third kappa shape index (κ3) is 5.17. The van der Waals surface area contributed by atoms with Crippen molar-refractivity contribution in [1.29, 1.82) is 0 Å². The average molecular weight is 252 g/mol. The number of aliphatic hydroxyl groups is 1. The maximum atomic E-state index is 10.1. The van der Waals surface area contributed by atoms with E-state index >= 15 is 0 Å². The molecule has 3 nitrogen and oxygen atoms in total. The molecule has 0 aliphatic heterocycles. The lowest BCUT2D eigenvalue weighted by molar-refractivity contribution is -0.0395. The van der Waals surface area contributed by atoms with Crippen molar-refractivity contribution in [3.8, 4) is 0 Å². The molecule has 0 amide bonds. The summed E-state index contributed by atoms with van der Waals surface area (Å²) in [5, 5.41) is 10.1. The van der Waals surface area contributed by atoms with E-state index in [9.17, 15) is 5.11 Å². The van der Waals surface area contributed by atoms with Crippen LogP contribution in [0.15, 0.2) is 18.2 Å². The lowest BCUT2D eigenvalue weighted by Crippen LogP contribution is -2.19. The number of benzene rings is 1. The predicted octanol–water partition coefficient (Wildman–Crippen LogP) is 2.78. The maximum Gasteiger partial charge on any atom is 0.102 e. The predicted molar refractivity (Wildman–Crippen MR) is 72.8 cm³/mol. The minimum Gasteiger partial charge on any atom is -0.386 e. The molecule has 0 fully saturated rings. The third-order valence-corrected chi connectivity index (χ3v) is 2.72. The van der Waals surface area contributed by atoms with Gasteiger partial charge in [-0.25, -0.2) is 0 Å². The Labute approximate surface area is 110 Å². The molecule has 1 N–H and O–H groups in total. The number of aryl methyl sites for hydroxylation is 2. The summed E-state index contributed by atoms with van der Waals surface area (Å²) in [6.07, 6.45) is -0.571. The summed E-state index contributed by atoms with van der Waals surface area (Å²) in [5.41, 5.74) is 3.23. The van der Waals surface area contributed by atoms with Crippen LogP contribution in [0.3, 0.4) is 0 Å². The molecule has 0 bridgehead atoms. The largest absolute Gasteiger partial charge is 0.386 e. The van der Waals surface area contributed by atoms with Crippen molar-refractivity contribution >= 4 is 0 Å². The van der Waals surface area contributed by atoms with E-state index in [-0.39, 0.29) is 6.10 Å². The van der Waals surface area contributed by atoms with Crippen LogP contribution < -0.4 is 0 Å². The van der Waals surface area contributed by atoms with Crippen LogP contribution in [0.25, 0.3) is 0 Å². The zero-order valence-corrected chi connectivity index (χ0v) is 11.8. The van der Waals surface area contributed by atoms with Crippen LogP contribution in [-0.4, -0.2) is 31.0 Å². The van der Waals surface area contributed by atoms with Gasteiger partial charge in [-0.2, -0.15) is 0 Å². The first-order valence-electron chi connectivity index (χ1n) is 6.48. The van der Waals surface area contributed by atoms with Gasteiger partial charge in [-0.3, -0.25) is 0 Å². The molecule has 0 aromatic heterocycles. The lowest BCUT2D eigenvalue weighted by atomic mass is 10.0. The summed E-state index contributed by atoms with van der Waals surface area (Å²) in [6, 6.07) is 6.08. The van der Waals surface area contributed by atoms with Gasteiger partial charge in [-0.1, -0.05) is 29.3 Å². The molecule has 2 unspecified atom stereocenters. The Balaban J connectivity index is 2.47.